The number of nitrogens with zero attached hydrogens (tertiary/aromatic N) is 1. The Morgan fingerprint density at radius 3 is 2.50 bits per heavy atom. The van der Waals surface area contributed by atoms with Crippen molar-refractivity contribution in [3.8, 4) is 0 Å². The van der Waals surface area contributed by atoms with Crippen LogP contribution in [-0.2, 0) is 34.2 Å². The lowest BCUT2D eigenvalue weighted by Crippen LogP contribution is -2.46. The molecule has 0 aliphatic heterocycles. The van der Waals surface area contributed by atoms with Gasteiger partial charge in [-0.05, 0) is 43.0 Å². The number of hydrogen-bond acceptors (Lipinski definition) is 4. The topological polar surface area (TPSA) is 118 Å². The van der Waals surface area contributed by atoms with Crippen molar-refractivity contribution in [2.24, 2.45) is 0 Å². The first-order valence-electron chi connectivity index (χ1n) is 9.54. The van der Waals surface area contributed by atoms with Gasteiger partial charge in [0.15, 0.2) is 0 Å². The number of benzene rings is 2. The molecule has 0 radical (unpaired) electrons. The second-order valence-corrected chi connectivity index (χ2v) is 8.94. The van der Waals surface area contributed by atoms with Crippen LogP contribution in [0.2, 0.25) is 0 Å². The van der Waals surface area contributed by atoms with Crippen LogP contribution in [0.1, 0.15) is 17.7 Å². The first kappa shape index (κ1) is 20.0. The first-order chi connectivity index (χ1) is 14.3. The monoisotopic (exact) mass is 427 g/mol. The highest BCUT2D eigenvalue weighted by Gasteiger charge is 2.28. The number of carboxylic acids is 1. The molecule has 2 aromatic carbocycles. The number of carbonyl (C=O) groups excluding carboxylic acids is 1. The van der Waals surface area contributed by atoms with Gasteiger partial charge in [0.1, 0.15) is 6.54 Å². The van der Waals surface area contributed by atoms with E-state index in [0.29, 0.717) is 19.3 Å². The van der Waals surface area contributed by atoms with Crippen molar-refractivity contribution >= 4 is 32.9 Å². The fraction of sp³-hybridized carbons (Fsp3) is 0.238. The third-order valence-corrected chi connectivity index (χ3v) is 6.63. The zero-order valence-corrected chi connectivity index (χ0v) is 16.9. The van der Waals surface area contributed by atoms with Crippen molar-refractivity contribution in [2.45, 2.75) is 36.7 Å². The first-order valence-corrected chi connectivity index (χ1v) is 11.0. The molecule has 0 fully saturated rings. The third kappa shape index (κ3) is 3.88. The van der Waals surface area contributed by atoms with E-state index < -0.39 is 22.0 Å². The lowest BCUT2D eigenvalue weighted by atomic mass is 9.91. The van der Waals surface area contributed by atoms with Crippen LogP contribution in [0.4, 0.5) is 4.79 Å². The summed E-state index contributed by atoms with van der Waals surface area (Å²) < 4.78 is 28.5. The summed E-state index contributed by atoms with van der Waals surface area (Å²) in [6.07, 6.45) is 1.68. The van der Waals surface area contributed by atoms with Gasteiger partial charge in [-0.3, -0.25) is 4.79 Å². The lowest BCUT2D eigenvalue weighted by Gasteiger charge is -2.25. The fourth-order valence-corrected chi connectivity index (χ4v) is 4.97. The van der Waals surface area contributed by atoms with E-state index in [0.717, 1.165) is 22.2 Å². The van der Waals surface area contributed by atoms with Gasteiger partial charge in [0.2, 0.25) is 0 Å². The van der Waals surface area contributed by atoms with Gasteiger partial charge < -0.3 is 15.0 Å². The Morgan fingerprint density at radius 1 is 1.07 bits per heavy atom. The van der Waals surface area contributed by atoms with Crippen molar-refractivity contribution in [1.29, 1.82) is 0 Å². The fourth-order valence-electron chi connectivity index (χ4n) is 4.04. The minimum Gasteiger partial charge on any atom is -0.480 e. The Bertz CT molecular complexity index is 1220. The van der Waals surface area contributed by atoms with E-state index >= 15 is 0 Å². The van der Waals surface area contributed by atoms with Gasteiger partial charge in [-0.15, -0.1) is 0 Å². The van der Waals surface area contributed by atoms with Gasteiger partial charge in [0, 0.05) is 22.6 Å². The summed E-state index contributed by atoms with van der Waals surface area (Å²) in [6.45, 7) is -0.121. The summed E-state index contributed by atoms with van der Waals surface area (Å²) in [5.41, 5.74) is 2.80. The second kappa shape index (κ2) is 7.83. The summed E-state index contributed by atoms with van der Waals surface area (Å²) in [5.74, 6) is -0.913. The largest absolute Gasteiger partial charge is 0.480 e. The Balaban J connectivity index is 1.52. The molecule has 1 unspecified atom stereocenters. The zero-order valence-electron chi connectivity index (χ0n) is 16.0. The van der Waals surface area contributed by atoms with Crippen LogP contribution in [0.25, 0.3) is 10.9 Å². The van der Waals surface area contributed by atoms with Crippen LogP contribution < -0.4 is 10.0 Å². The quantitative estimate of drug-likeness (QED) is 0.577. The van der Waals surface area contributed by atoms with E-state index in [9.17, 15) is 23.1 Å². The van der Waals surface area contributed by atoms with E-state index in [1.807, 2.05) is 28.8 Å². The number of fused-ring (bicyclic) bond motifs is 3. The van der Waals surface area contributed by atoms with E-state index in [1.54, 1.807) is 18.2 Å². The van der Waals surface area contributed by atoms with Crippen LogP contribution in [-0.4, -0.2) is 36.1 Å². The van der Waals surface area contributed by atoms with Crippen molar-refractivity contribution < 1.29 is 23.1 Å². The van der Waals surface area contributed by atoms with Gasteiger partial charge in [0.25, 0.3) is 10.0 Å². The predicted molar refractivity (Wildman–Crippen MR) is 111 cm³/mol. The number of urea groups is 1. The van der Waals surface area contributed by atoms with Crippen LogP contribution >= 0.6 is 0 Å². The van der Waals surface area contributed by atoms with Gasteiger partial charge in [-0.1, -0.05) is 36.4 Å². The number of para-hydroxylation sites is 1. The predicted octanol–water partition coefficient (Wildman–Crippen LogP) is 2.27. The van der Waals surface area contributed by atoms with E-state index in [2.05, 4.69) is 10.0 Å². The Kier molecular flexibility index (Phi) is 5.21. The molecule has 3 N–H and O–H groups in total. The van der Waals surface area contributed by atoms with Gasteiger partial charge >= 0.3 is 12.0 Å². The molecule has 1 heterocycles. The van der Waals surface area contributed by atoms with Gasteiger partial charge in [-0.25, -0.2) is 17.9 Å². The summed E-state index contributed by atoms with van der Waals surface area (Å²) >= 11 is 0. The molecule has 2 amide bonds. The number of amides is 2. The molecule has 1 aliphatic carbocycles. The Labute approximate surface area is 173 Å². The molecule has 156 valence electrons. The standard InChI is InChI=1S/C21H21N3O5S/c25-20(26)13-24-18-9-5-4-8-16(18)17-12-14(10-11-19(17)24)22-21(27)23-30(28,29)15-6-2-1-3-7-15/h1-9,14H,10-13H2,(H,25,26)(H2,22,23,27). The van der Waals surface area contributed by atoms with Crippen molar-refractivity contribution in [3.63, 3.8) is 0 Å². The molecular formula is C21H21N3O5S. The molecule has 30 heavy (non-hydrogen) atoms. The van der Waals surface area contributed by atoms with Gasteiger partial charge in [-0.2, -0.15) is 0 Å². The molecule has 0 spiro atoms. The molecule has 1 atom stereocenters. The smallest absolute Gasteiger partial charge is 0.328 e. The zero-order chi connectivity index (χ0) is 21.3. The molecule has 1 aromatic heterocycles. The molecule has 3 aromatic rings. The SMILES string of the molecule is O=C(O)Cn1c2c(c3ccccc31)CC(NC(=O)NS(=O)(=O)c1ccccc1)CC2. The third-order valence-electron chi connectivity index (χ3n) is 5.28. The maximum Gasteiger partial charge on any atom is 0.328 e. The van der Waals surface area contributed by atoms with Crippen LogP contribution in [0.5, 0.6) is 0 Å². The molecular weight excluding hydrogens is 406 g/mol. The maximum absolute atomic E-state index is 12.3. The normalized spacial score (nSPS) is 16.1. The highest BCUT2D eigenvalue weighted by Crippen LogP contribution is 2.32. The number of aliphatic carboxylic acids is 1. The van der Waals surface area contributed by atoms with Crippen LogP contribution in [0.3, 0.4) is 0 Å². The number of sulfonamides is 1. The average Bonchev–Trinajstić information content (AvgIpc) is 3.01. The number of rotatable bonds is 5. The summed E-state index contributed by atoms with van der Waals surface area (Å²) in [5, 5.41) is 13.0. The number of nitrogens with one attached hydrogen (secondary N) is 2. The minimum absolute atomic E-state index is 0.0165. The molecule has 0 bridgehead atoms. The van der Waals surface area contributed by atoms with Crippen molar-refractivity contribution in [3.05, 3.63) is 65.9 Å². The Hall–Kier alpha value is -3.33. The van der Waals surface area contributed by atoms with Gasteiger partial charge in [0.05, 0.1) is 4.90 Å². The summed E-state index contributed by atoms with van der Waals surface area (Å²) in [6, 6.07) is 14.2. The number of carboxylic acid groups (broad SMARTS) is 1. The summed E-state index contributed by atoms with van der Waals surface area (Å²) in [7, 11) is -3.95. The molecule has 1 aliphatic rings. The summed E-state index contributed by atoms with van der Waals surface area (Å²) in [4.78, 5) is 23.7. The highest BCUT2D eigenvalue weighted by molar-refractivity contribution is 7.90. The van der Waals surface area contributed by atoms with E-state index in [4.69, 9.17) is 0 Å². The number of hydrogen-bond donors (Lipinski definition) is 3. The van der Waals surface area contributed by atoms with E-state index in [1.165, 1.54) is 12.1 Å². The van der Waals surface area contributed by atoms with Crippen molar-refractivity contribution in [2.75, 3.05) is 0 Å². The average molecular weight is 427 g/mol. The lowest BCUT2D eigenvalue weighted by molar-refractivity contribution is -0.137. The van der Waals surface area contributed by atoms with Crippen LogP contribution in [0.15, 0.2) is 59.5 Å². The molecule has 4 rings (SSSR count). The molecule has 0 saturated heterocycles. The Morgan fingerprint density at radius 2 is 1.77 bits per heavy atom. The number of aromatic nitrogens is 1. The van der Waals surface area contributed by atoms with E-state index in [-0.39, 0.29) is 17.5 Å². The molecule has 8 nitrogen and oxygen atoms in total. The maximum atomic E-state index is 12.3. The minimum atomic E-state index is -3.95. The highest BCUT2D eigenvalue weighted by atomic mass is 32.2. The van der Waals surface area contributed by atoms with Crippen molar-refractivity contribution in [1.82, 2.24) is 14.6 Å². The molecule has 9 heteroatoms. The van der Waals surface area contributed by atoms with Crippen LogP contribution in [0, 0.1) is 0 Å². The number of carbonyl (C=O) groups is 2. The second-order valence-electron chi connectivity index (χ2n) is 7.25. The molecule has 0 saturated carbocycles.